The highest BCUT2D eigenvalue weighted by atomic mass is 19.1. The molecule has 0 bridgehead atoms. The molecule has 1 fully saturated rings. The molecule has 0 radical (unpaired) electrons. The van der Waals surface area contributed by atoms with Crippen LogP contribution in [-0.4, -0.2) is 18.0 Å². The molecule has 1 aromatic rings. The van der Waals surface area contributed by atoms with Gasteiger partial charge < -0.3 is 5.73 Å². The molecule has 1 aliphatic carbocycles. The van der Waals surface area contributed by atoms with Gasteiger partial charge in [0.25, 0.3) is 0 Å². The second-order valence-electron chi connectivity index (χ2n) is 5.02. The van der Waals surface area contributed by atoms with Crippen molar-refractivity contribution in [2.24, 2.45) is 5.92 Å². The fraction of sp³-hybridized carbons (Fsp3) is 0.571. The number of rotatable bonds is 6. The lowest BCUT2D eigenvalue weighted by atomic mass is 10.1. The van der Waals surface area contributed by atoms with Gasteiger partial charge in [0.2, 0.25) is 0 Å². The summed E-state index contributed by atoms with van der Waals surface area (Å²) in [7, 11) is 0. The summed E-state index contributed by atoms with van der Waals surface area (Å²) >= 11 is 0. The lowest BCUT2D eigenvalue weighted by Gasteiger charge is -2.22. The summed E-state index contributed by atoms with van der Waals surface area (Å²) < 4.78 is 13.0. The van der Waals surface area contributed by atoms with E-state index in [4.69, 9.17) is 5.73 Å². The molecule has 2 rings (SSSR count). The van der Waals surface area contributed by atoms with Gasteiger partial charge in [0.1, 0.15) is 5.82 Å². The molecule has 94 valence electrons. The van der Waals surface area contributed by atoms with Crippen LogP contribution >= 0.6 is 0 Å². The molecular formula is C14H21FN2. The Bertz CT molecular complexity index is 374. The van der Waals surface area contributed by atoms with Crippen molar-refractivity contribution in [3.05, 3.63) is 29.6 Å². The summed E-state index contributed by atoms with van der Waals surface area (Å²) in [6.07, 6.45) is 3.87. The quantitative estimate of drug-likeness (QED) is 0.769. The minimum atomic E-state index is -0.254. The average molecular weight is 236 g/mol. The van der Waals surface area contributed by atoms with Crippen molar-refractivity contribution in [3.8, 4) is 0 Å². The summed E-state index contributed by atoms with van der Waals surface area (Å²) in [6.45, 7) is 5.28. The third-order valence-electron chi connectivity index (χ3n) is 3.26. The largest absolute Gasteiger partial charge is 0.398 e. The van der Waals surface area contributed by atoms with Crippen LogP contribution in [0.1, 0.15) is 31.7 Å². The summed E-state index contributed by atoms with van der Waals surface area (Å²) in [5, 5.41) is 0. The first kappa shape index (κ1) is 12.4. The number of anilines is 1. The Labute approximate surface area is 103 Å². The lowest BCUT2D eigenvalue weighted by molar-refractivity contribution is 0.255. The van der Waals surface area contributed by atoms with Crippen molar-refractivity contribution in [1.82, 2.24) is 4.90 Å². The van der Waals surface area contributed by atoms with E-state index in [2.05, 4.69) is 11.8 Å². The molecule has 0 saturated heterocycles. The van der Waals surface area contributed by atoms with E-state index in [1.807, 2.05) is 0 Å². The Hall–Kier alpha value is -1.09. The Kier molecular flexibility index (Phi) is 4.00. The van der Waals surface area contributed by atoms with Gasteiger partial charge in [0.15, 0.2) is 0 Å². The third kappa shape index (κ3) is 3.70. The van der Waals surface area contributed by atoms with Crippen molar-refractivity contribution >= 4 is 5.69 Å². The maximum Gasteiger partial charge on any atom is 0.125 e. The van der Waals surface area contributed by atoms with Gasteiger partial charge in [-0.25, -0.2) is 4.39 Å². The number of nitrogens with two attached hydrogens (primary N) is 1. The van der Waals surface area contributed by atoms with Gasteiger partial charge in [-0.1, -0.05) is 13.0 Å². The van der Waals surface area contributed by atoms with E-state index < -0.39 is 0 Å². The van der Waals surface area contributed by atoms with Crippen molar-refractivity contribution in [3.63, 3.8) is 0 Å². The topological polar surface area (TPSA) is 29.3 Å². The first-order valence-electron chi connectivity index (χ1n) is 6.45. The molecule has 0 unspecified atom stereocenters. The number of hydrogen-bond donors (Lipinski definition) is 1. The predicted molar refractivity (Wildman–Crippen MR) is 69.1 cm³/mol. The monoisotopic (exact) mass is 236 g/mol. The molecular weight excluding hydrogens is 215 g/mol. The third-order valence-corrected chi connectivity index (χ3v) is 3.26. The van der Waals surface area contributed by atoms with E-state index in [-0.39, 0.29) is 5.82 Å². The maximum absolute atomic E-state index is 13.0. The molecule has 0 amide bonds. The van der Waals surface area contributed by atoms with Gasteiger partial charge in [0, 0.05) is 18.8 Å². The minimum Gasteiger partial charge on any atom is -0.398 e. The van der Waals surface area contributed by atoms with Gasteiger partial charge in [-0.15, -0.1) is 0 Å². The van der Waals surface area contributed by atoms with Crippen LogP contribution in [0.2, 0.25) is 0 Å². The van der Waals surface area contributed by atoms with Gasteiger partial charge in [0.05, 0.1) is 0 Å². The smallest absolute Gasteiger partial charge is 0.125 e. The van der Waals surface area contributed by atoms with Crippen LogP contribution in [0, 0.1) is 11.7 Å². The summed E-state index contributed by atoms with van der Waals surface area (Å²) in [5.74, 6) is 0.624. The maximum atomic E-state index is 13.0. The van der Waals surface area contributed by atoms with Crippen LogP contribution in [0.4, 0.5) is 10.1 Å². The number of nitrogens with zero attached hydrogens (tertiary/aromatic N) is 1. The summed E-state index contributed by atoms with van der Waals surface area (Å²) in [5.41, 5.74) is 7.46. The fourth-order valence-electron chi connectivity index (χ4n) is 2.17. The highest BCUT2D eigenvalue weighted by molar-refractivity contribution is 5.46. The first-order valence-corrected chi connectivity index (χ1v) is 6.45. The van der Waals surface area contributed by atoms with Crippen LogP contribution in [0.5, 0.6) is 0 Å². The summed E-state index contributed by atoms with van der Waals surface area (Å²) in [4.78, 5) is 2.43. The van der Waals surface area contributed by atoms with Gasteiger partial charge >= 0.3 is 0 Å². The van der Waals surface area contributed by atoms with Crippen LogP contribution in [0.25, 0.3) is 0 Å². The van der Waals surface area contributed by atoms with Crippen molar-refractivity contribution < 1.29 is 4.39 Å². The molecule has 2 nitrogen and oxygen atoms in total. The standard InChI is InChI=1S/C14H21FN2/c1-2-7-17(9-11-3-4-11)10-12-5-6-13(15)8-14(12)16/h5-6,8,11H,2-4,7,9-10,16H2,1H3. The molecule has 0 spiro atoms. The Balaban J connectivity index is 1.99. The highest BCUT2D eigenvalue weighted by Crippen LogP contribution is 2.30. The number of hydrogen-bond acceptors (Lipinski definition) is 2. The Morgan fingerprint density at radius 1 is 1.41 bits per heavy atom. The van der Waals surface area contributed by atoms with Crippen LogP contribution in [-0.2, 0) is 6.54 Å². The predicted octanol–water partition coefficient (Wildman–Crippen LogP) is 3.03. The Morgan fingerprint density at radius 2 is 2.18 bits per heavy atom. The molecule has 1 aromatic carbocycles. The van der Waals surface area contributed by atoms with Crippen molar-refractivity contribution in [2.75, 3.05) is 18.8 Å². The molecule has 0 aromatic heterocycles. The van der Waals surface area contributed by atoms with E-state index >= 15 is 0 Å². The van der Waals surface area contributed by atoms with Gasteiger partial charge in [-0.3, -0.25) is 4.90 Å². The second-order valence-corrected chi connectivity index (χ2v) is 5.02. The van der Waals surface area contributed by atoms with E-state index in [1.54, 1.807) is 6.07 Å². The number of nitrogen functional groups attached to an aromatic ring is 1. The molecule has 17 heavy (non-hydrogen) atoms. The van der Waals surface area contributed by atoms with E-state index in [1.165, 1.54) is 25.0 Å². The van der Waals surface area contributed by atoms with Gasteiger partial charge in [-0.2, -0.15) is 0 Å². The molecule has 1 aliphatic rings. The second kappa shape index (κ2) is 5.50. The molecule has 3 heteroatoms. The van der Waals surface area contributed by atoms with Crippen LogP contribution < -0.4 is 5.73 Å². The molecule has 0 atom stereocenters. The van der Waals surface area contributed by atoms with E-state index in [9.17, 15) is 4.39 Å². The van der Waals surface area contributed by atoms with Crippen LogP contribution in [0.3, 0.4) is 0 Å². The van der Waals surface area contributed by atoms with Crippen molar-refractivity contribution in [2.45, 2.75) is 32.7 Å². The average Bonchev–Trinajstić information content (AvgIpc) is 3.06. The molecule has 2 N–H and O–H groups in total. The lowest BCUT2D eigenvalue weighted by Crippen LogP contribution is -2.26. The van der Waals surface area contributed by atoms with Gasteiger partial charge in [-0.05, 0) is 49.4 Å². The SMILES string of the molecule is CCCN(Cc1ccc(F)cc1N)CC1CC1. The number of halogens is 1. The number of benzene rings is 1. The minimum absolute atomic E-state index is 0.254. The fourth-order valence-corrected chi connectivity index (χ4v) is 2.17. The summed E-state index contributed by atoms with van der Waals surface area (Å²) in [6, 6.07) is 4.71. The van der Waals surface area contributed by atoms with E-state index in [0.29, 0.717) is 5.69 Å². The van der Waals surface area contributed by atoms with Crippen LogP contribution in [0.15, 0.2) is 18.2 Å². The molecule has 1 saturated carbocycles. The normalized spacial score (nSPS) is 15.5. The van der Waals surface area contributed by atoms with Crippen molar-refractivity contribution in [1.29, 1.82) is 0 Å². The molecule has 0 aliphatic heterocycles. The zero-order chi connectivity index (χ0) is 12.3. The van der Waals surface area contributed by atoms with E-state index in [0.717, 1.165) is 37.5 Å². The zero-order valence-corrected chi connectivity index (χ0v) is 10.5. The first-order chi connectivity index (χ1) is 8.19. The molecule has 0 heterocycles. The highest BCUT2D eigenvalue weighted by Gasteiger charge is 2.24. The zero-order valence-electron chi connectivity index (χ0n) is 10.5. The Morgan fingerprint density at radius 3 is 2.76 bits per heavy atom.